The SMILES string of the molecule is O=[N+]([O-])c1cc(CCl)ccc1Oc1cc(F)cc(F)c1. The summed E-state index contributed by atoms with van der Waals surface area (Å²) in [7, 11) is 0. The molecular formula is C13H8ClF2NO3. The number of benzene rings is 2. The van der Waals surface area contributed by atoms with Gasteiger partial charge in [0.25, 0.3) is 0 Å². The number of hydrogen-bond acceptors (Lipinski definition) is 3. The van der Waals surface area contributed by atoms with Gasteiger partial charge < -0.3 is 4.74 Å². The first-order chi connectivity index (χ1) is 9.49. The predicted molar refractivity (Wildman–Crippen MR) is 69.1 cm³/mol. The van der Waals surface area contributed by atoms with Crippen LogP contribution in [0.5, 0.6) is 11.5 Å². The first-order valence-corrected chi connectivity index (χ1v) is 6.00. The minimum absolute atomic E-state index is 0.107. The van der Waals surface area contributed by atoms with Crippen LogP contribution in [0.1, 0.15) is 5.56 Å². The topological polar surface area (TPSA) is 52.4 Å². The van der Waals surface area contributed by atoms with E-state index in [-0.39, 0.29) is 23.1 Å². The van der Waals surface area contributed by atoms with E-state index >= 15 is 0 Å². The molecule has 0 amide bonds. The standard InChI is InChI=1S/C13H8ClF2NO3/c14-7-8-1-2-13(12(3-8)17(18)19)20-11-5-9(15)4-10(16)6-11/h1-6H,7H2. The van der Waals surface area contributed by atoms with Crippen LogP contribution >= 0.6 is 11.6 Å². The number of nitrogens with zero attached hydrogens (tertiary/aromatic N) is 1. The summed E-state index contributed by atoms with van der Waals surface area (Å²) in [5.41, 5.74) is 0.212. The summed E-state index contributed by atoms with van der Waals surface area (Å²) in [6.07, 6.45) is 0. The van der Waals surface area contributed by atoms with Gasteiger partial charge in [-0.15, -0.1) is 11.6 Å². The quantitative estimate of drug-likeness (QED) is 0.477. The maximum atomic E-state index is 13.0. The van der Waals surface area contributed by atoms with Crippen LogP contribution in [0, 0.1) is 21.7 Å². The summed E-state index contributed by atoms with van der Waals surface area (Å²) < 4.78 is 31.2. The third kappa shape index (κ3) is 3.21. The highest BCUT2D eigenvalue weighted by Crippen LogP contribution is 2.33. The molecule has 0 aliphatic heterocycles. The molecule has 0 radical (unpaired) electrons. The average molecular weight is 300 g/mol. The summed E-state index contributed by atoms with van der Waals surface area (Å²) in [4.78, 5) is 10.3. The van der Waals surface area contributed by atoms with Crippen molar-refractivity contribution in [2.45, 2.75) is 5.88 Å². The van der Waals surface area contributed by atoms with Crippen LogP contribution in [-0.2, 0) is 5.88 Å². The lowest BCUT2D eigenvalue weighted by Crippen LogP contribution is -1.95. The second kappa shape index (κ2) is 5.83. The van der Waals surface area contributed by atoms with Crippen molar-refractivity contribution in [3.05, 3.63) is 63.7 Å². The van der Waals surface area contributed by atoms with Gasteiger partial charge in [-0.25, -0.2) is 8.78 Å². The molecule has 0 saturated carbocycles. The van der Waals surface area contributed by atoms with Crippen molar-refractivity contribution in [2.24, 2.45) is 0 Å². The van der Waals surface area contributed by atoms with Gasteiger partial charge in [-0.3, -0.25) is 10.1 Å². The Kier molecular flexibility index (Phi) is 4.14. The lowest BCUT2D eigenvalue weighted by molar-refractivity contribution is -0.385. The number of alkyl halides is 1. The Morgan fingerprint density at radius 1 is 1.15 bits per heavy atom. The molecule has 0 heterocycles. The van der Waals surface area contributed by atoms with Crippen molar-refractivity contribution in [1.82, 2.24) is 0 Å². The number of ether oxygens (including phenoxy) is 1. The average Bonchev–Trinajstić information content (AvgIpc) is 2.37. The molecule has 0 aromatic heterocycles. The Labute approximate surface area is 117 Å². The van der Waals surface area contributed by atoms with E-state index in [2.05, 4.69) is 0 Å². The zero-order chi connectivity index (χ0) is 14.7. The van der Waals surface area contributed by atoms with Crippen LogP contribution in [0.25, 0.3) is 0 Å². The molecule has 20 heavy (non-hydrogen) atoms. The minimum Gasteiger partial charge on any atom is -0.450 e. The molecule has 2 aromatic rings. The Bertz CT molecular complexity index is 644. The second-order valence-corrected chi connectivity index (χ2v) is 4.17. The smallest absolute Gasteiger partial charge is 0.311 e. The van der Waals surface area contributed by atoms with E-state index in [0.717, 1.165) is 12.1 Å². The van der Waals surface area contributed by atoms with E-state index in [1.165, 1.54) is 18.2 Å². The molecule has 0 N–H and O–H groups in total. The first kappa shape index (κ1) is 14.2. The van der Waals surface area contributed by atoms with E-state index in [0.29, 0.717) is 11.6 Å². The van der Waals surface area contributed by atoms with Gasteiger partial charge in [0.15, 0.2) is 0 Å². The molecule has 2 rings (SSSR count). The molecule has 0 saturated heterocycles. The van der Waals surface area contributed by atoms with Crippen molar-refractivity contribution in [1.29, 1.82) is 0 Å². The van der Waals surface area contributed by atoms with Crippen LogP contribution in [0.2, 0.25) is 0 Å². The number of halogens is 3. The predicted octanol–water partition coefficient (Wildman–Crippen LogP) is 4.40. The molecular weight excluding hydrogens is 292 g/mol. The molecule has 0 aliphatic rings. The first-order valence-electron chi connectivity index (χ1n) is 5.47. The van der Waals surface area contributed by atoms with Crippen LogP contribution in [0.15, 0.2) is 36.4 Å². The highest BCUT2D eigenvalue weighted by atomic mass is 35.5. The summed E-state index contributed by atoms with van der Waals surface area (Å²) in [5, 5.41) is 10.9. The fraction of sp³-hybridized carbons (Fsp3) is 0.0769. The van der Waals surface area contributed by atoms with Gasteiger partial charge in [-0.2, -0.15) is 0 Å². The second-order valence-electron chi connectivity index (χ2n) is 3.90. The Hall–Kier alpha value is -2.21. The zero-order valence-corrected chi connectivity index (χ0v) is 10.7. The summed E-state index contributed by atoms with van der Waals surface area (Å²) in [6.45, 7) is 0. The lowest BCUT2D eigenvalue weighted by atomic mass is 10.2. The van der Waals surface area contributed by atoms with E-state index in [4.69, 9.17) is 16.3 Å². The minimum atomic E-state index is -0.833. The molecule has 0 atom stereocenters. The number of nitro benzene ring substituents is 1. The van der Waals surface area contributed by atoms with Crippen molar-refractivity contribution in [3.8, 4) is 11.5 Å². The number of rotatable bonds is 4. The van der Waals surface area contributed by atoms with Gasteiger partial charge in [0, 0.05) is 30.1 Å². The van der Waals surface area contributed by atoms with Gasteiger partial charge in [-0.1, -0.05) is 6.07 Å². The molecule has 0 bridgehead atoms. The molecule has 0 unspecified atom stereocenters. The highest BCUT2D eigenvalue weighted by Gasteiger charge is 2.17. The molecule has 104 valence electrons. The molecule has 0 aliphatic carbocycles. The third-order valence-corrected chi connectivity index (χ3v) is 2.75. The molecule has 7 heteroatoms. The van der Waals surface area contributed by atoms with Crippen LogP contribution < -0.4 is 4.74 Å². The van der Waals surface area contributed by atoms with Crippen molar-refractivity contribution in [3.63, 3.8) is 0 Å². The molecule has 2 aromatic carbocycles. The zero-order valence-electron chi connectivity index (χ0n) is 9.98. The Balaban J connectivity index is 2.39. The van der Waals surface area contributed by atoms with E-state index in [1.807, 2.05) is 0 Å². The normalized spacial score (nSPS) is 10.3. The van der Waals surface area contributed by atoms with Gasteiger partial charge >= 0.3 is 5.69 Å². The van der Waals surface area contributed by atoms with Crippen LogP contribution in [-0.4, -0.2) is 4.92 Å². The Morgan fingerprint density at radius 3 is 2.35 bits per heavy atom. The van der Waals surface area contributed by atoms with Crippen molar-refractivity contribution >= 4 is 17.3 Å². The van der Waals surface area contributed by atoms with E-state index in [1.54, 1.807) is 0 Å². The van der Waals surface area contributed by atoms with Crippen LogP contribution in [0.4, 0.5) is 14.5 Å². The van der Waals surface area contributed by atoms with Gasteiger partial charge in [0.2, 0.25) is 5.75 Å². The largest absolute Gasteiger partial charge is 0.450 e. The molecule has 4 nitrogen and oxygen atoms in total. The summed E-state index contributed by atoms with van der Waals surface area (Å²) in [5.74, 6) is -1.84. The third-order valence-electron chi connectivity index (χ3n) is 2.44. The molecule has 0 spiro atoms. The van der Waals surface area contributed by atoms with Gasteiger partial charge in [0.1, 0.15) is 17.4 Å². The van der Waals surface area contributed by atoms with Gasteiger partial charge in [0.05, 0.1) is 4.92 Å². The van der Waals surface area contributed by atoms with Crippen molar-refractivity contribution in [2.75, 3.05) is 0 Å². The maximum absolute atomic E-state index is 13.0. The number of nitro groups is 1. The van der Waals surface area contributed by atoms with E-state index < -0.39 is 16.6 Å². The van der Waals surface area contributed by atoms with Crippen molar-refractivity contribution < 1.29 is 18.4 Å². The highest BCUT2D eigenvalue weighted by molar-refractivity contribution is 6.17. The summed E-state index contributed by atoms with van der Waals surface area (Å²) >= 11 is 5.60. The van der Waals surface area contributed by atoms with Crippen LogP contribution in [0.3, 0.4) is 0 Å². The van der Waals surface area contributed by atoms with Gasteiger partial charge in [-0.05, 0) is 11.6 Å². The Morgan fingerprint density at radius 2 is 1.80 bits per heavy atom. The summed E-state index contributed by atoms with van der Waals surface area (Å²) in [6, 6.07) is 6.66. The number of hydrogen-bond donors (Lipinski definition) is 0. The molecule has 0 fully saturated rings. The fourth-order valence-corrected chi connectivity index (χ4v) is 1.76. The fourth-order valence-electron chi connectivity index (χ4n) is 1.59. The lowest BCUT2D eigenvalue weighted by Gasteiger charge is -2.07. The maximum Gasteiger partial charge on any atom is 0.311 e. The van der Waals surface area contributed by atoms with E-state index in [9.17, 15) is 18.9 Å². The monoisotopic (exact) mass is 299 g/mol.